The van der Waals surface area contributed by atoms with Crippen molar-refractivity contribution in [3.8, 4) is 11.1 Å². The van der Waals surface area contributed by atoms with Gasteiger partial charge in [-0.2, -0.15) is 0 Å². The summed E-state index contributed by atoms with van der Waals surface area (Å²) in [5.41, 5.74) is 5.87. The molecule has 0 aliphatic carbocycles. The Balaban J connectivity index is 1.32. The highest BCUT2D eigenvalue weighted by molar-refractivity contribution is 5.97. The van der Waals surface area contributed by atoms with Crippen molar-refractivity contribution in [2.75, 3.05) is 5.32 Å². The summed E-state index contributed by atoms with van der Waals surface area (Å²) in [6, 6.07) is 34.6. The van der Waals surface area contributed by atoms with E-state index in [1.54, 1.807) is 0 Å². The monoisotopic (exact) mass is 462 g/mol. The van der Waals surface area contributed by atoms with Crippen LogP contribution in [0.1, 0.15) is 16.7 Å². The highest BCUT2D eigenvalue weighted by Crippen LogP contribution is 2.26. The van der Waals surface area contributed by atoms with Crippen molar-refractivity contribution in [2.24, 2.45) is 0 Å². The van der Waals surface area contributed by atoms with Gasteiger partial charge in [0.15, 0.2) is 0 Å². The lowest BCUT2D eigenvalue weighted by molar-refractivity contribution is -0.121. The fraction of sp³-hybridized carbons (Fsp3) is 0.133. The maximum Gasteiger partial charge on any atom is 0.411 e. The van der Waals surface area contributed by atoms with E-state index < -0.39 is 12.1 Å². The topological polar surface area (TPSA) is 58.6 Å². The number of rotatable bonds is 5. The van der Waals surface area contributed by atoms with E-state index in [2.05, 4.69) is 5.32 Å². The number of nitrogens with zero attached hydrogens (tertiary/aromatic N) is 1. The molecule has 5 nitrogen and oxygen atoms in total. The molecule has 35 heavy (non-hydrogen) atoms. The fourth-order valence-corrected chi connectivity index (χ4v) is 4.35. The third-order valence-corrected chi connectivity index (χ3v) is 6.25. The summed E-state index contributed by atoms with van der Waals surface area (Å²) in [7, 11) is 0. The number of carbonyl (C=O) groups excluding carboxylic acids is 2. The number of carbonyl (C=O) groups is 2. The van der Waals surface area contributed by atoms with Crippen molar-refractivity contribution in [1.82, 2.24) is 4.90 Å². The largest absolute Gasteiger partial charge is 0.445 e. The molecule has 0 spiro atoms. The van der Waals surface area contributed by atoms with Crippen molar-refractivity contribution in [1.29, 1.82) is 0 Å². The Kier molecular flexibility index (Phi) is 6.57. The van der Waals surface area contributed by atoms with Crippen LogP contribution in [-0.4, -0.2) is 22.9 Å². The molecule has 0 saturated carbocycles. The molecular weight excluding hydrogens is 436 g/mol. The van der Waals surface area contributed by atoms with Gasteiger partial charge < -0.3 is 10.1 Å². The van der Waals surface area contributed by atoms with Gasteiger partial charge in [0.05, 0.1) is 6.54 Å². The molecule has 1 N–H and O–H groups in total. The van der Waals surface area contributed by atoms with Gasteiger partial charge in [-0.25, -0.2) is 4.79 Å². The molecular formula is C30H26N2O3. The van der Waals surface area contributed by atoms with Crippen LogP contribution < -0.4 is 5.32 Å². The summed E-state index contributed by atoms with van der Waals surface area (Å²) in [4.78, 5) is 28.0. The van der Waals surface area contributed by atoms with Gasteiger partial charge in [0.1, 0.15) is 12.6 Å². The first kappa shape index (κ1) is 22.4. The predicted molar refractivity (Wildman–Crippen MR) is 137 cm³/mol. The van der Waals surface area contributed by atoms with Gasteiger partial charge >= 0.3 is 6.09 Å². The summed E-state index contributed by atoms with van der Waals surface area (Å²) in [5.74, 6) is -0.233. The van der Waals surface area contributed by atoms with Crippen molar-refractivity contribution < 1.29 is 14.3 Å². The average Bonchev–Trinajstić information content (AvgIpc) is 2.92. The number of hydrogen-bond acceptors (Lipinski definition) is 3. The first-order chi connectivity index (χ1) is 17.2. The number of hydrogen-bond donors (Lipinski definition) is 1. The third kappa shape index (κ3) is 5.25. The fourth-order valence-electron chi connectivity index (χ4n) is 4.35. The van der Waals surface area contributed by atoms with Crippen molar-refractivity contribution >= 4 is 17.7 Å². The highest BCUT2D eigenvalue weighted by atomic mass is 16.6. The quantitative estimate of drug-likeness (QED) is 0.392. The second-order valence-electron chi connectivity index (χ2n) is 8.59. The molecule has 0 bridgehead atoms. The Morgan fingerprint density at radius 3 is 2.06 bits per heavy atom. The van der Waals surface area contributed by atoms with E-state index in [9.17, 15) is 9.59 Å². The molecule has 5 rings (SSSR count). The van der Waals surface area contributed by atoms with E-state index >= 15 is 0 Å². The van der Waals surface area contributed by atoms with Crippen molar-refractivity contribution in [3.63, 3.8) is 0 Å². The van der Waals surface area contributed by atoms with E-state index in [4.69, 9.17) is 4.74 Å². The zero-order valence-corrected chi connectivity index (χ0v) is 19.3. The first-order valence-electron chi connectivity index (χ1n) is 11.7. The standard InChI is InChI=1S/C30H26N2O3/c33-29(31-27-17-15-24(16-18-27)23-11-5-2-6-12-23)28-19-25-13-7-8-14-26(25)20-32(28)30(34)35-21-22-9-3-1-4-10-22/h1-18,28H,19-21H2,(H,31,33)/t28-/m1/s1. The number of amides is 2. The SMILES string of the molecule is O=C(Nc1ccc(-c2ccccc2)cc1)[C@H]1Cc2ccccc2CN1C(=O)OCc1ccccc1. The van der Waals surface area contributed by atoms with Crippen LogP contribution in [0.25, 0.3) is 11.1 Å². The van der Waals surface area contributed by atoms with Gasteiger partial charge in [0.25, 0.3) is 0 Å². The molecule has 1 aliphatic heterocycles. The Bertz CT molecular complexity index is 1300. The first-order valence-corrected chi connectivity index (χ1v) is 11.7. The van der Waals surface area contributed by atoms with E-state index in [0.717, 1.165) is 27.8 Å². The zero-order chi connectivity index (χ0) is 24.0. The normalized spacial score (nSPS) is 14.6. The summed E-state index contributed by atoms with van der Waals surface area (Å²) in [6.07, 6.45) is -0.0622. The summed E-state index contributed by atoms with van der Waals surface area (Å²) < 4.78 is 5.58. The second kappa shape index (κ2) is 10.3. The number of fused-ring (bicyclic) bond motifs is 1. The van der Waals surface area contributed by atoms with Crippen LogP contribution >= 0.6 is 0 Å². The molecule has 4 aromatic carbocycles. The smallest absolute Gasteiger partial charge is 0.411 e. The Hall–Kier alpha value is -4.38. The van der Waals surface area contributed by atoms with Crippen LogP contribution in [0.2, 0.25) is 0 Å². The lowest BCUT2D eigenvalue weighted by atomic mass is 9.93. The highest BCUT2D eigenvalue weighted by Gasteiger charge is 2.35. The number of benzene rings is 4. The molecule has 1 aliphatic rings. The van der Waals surface area contributed by atoms with Crippen LogP contribution in [-0.2, 0) is 29.1 Å². The minimum Gasteiger partial charge on any atom is -0.445 e. The van der Waals surface area contributed by atoms with Crippen molar-refractivity contribution in [3.05, 3.63) is 126 Å². The maximum absolute atomic E-state index is 13.4. The molecule has 0 radical (unpaired) electrons. The van der Waals surface area contributed by atoms with Gasteiger partial charge in [0, 0.05) is 12.1 Å². The molecule has 0 fully saturated rings. The van der Waals surface area contributed by atoms with Crippen LogP contribution in [0.15, 0.2) is 109 Å². The van der Waals surface area contributed by atoms with Gasteiger partial charge in [-0.3, -0.25) is 9.69 Å². The summed E-state index contributed by atoms with van der Waals surface area (Å²) >= 11 is 0. The lowest BCUT2D eigenvalue weighted by Crippen LogP contribution is -2.50. The Morgan fingerprint density at radius 2 is 1.34 bits per heavy atom. The number of nitrogens with one attached hydrogen (secondary N) is 1. The van der Waals surface area contributed by atoms with Crippen LogP contribution in [0.5, 0.6) is 0 Å². The molecule has 4 aromatic rings. The van der Waals surface area contributed by atoms with Crippen LogP contribution in [0.3, 0.4) is 0 Å². The van der Waals surface area contributed by atoms with E-state index in [1.165, 1.54) is 4.90 Å². The molecule has 2 amide bonds. The van der Waals surface area contributed by atoms with E-state index in [1.807, 2.05) is 109 Å². The molecule has 0 saturated heterocycles. The third-order valence-electron chi connectivity index (χ3n) is 6.25. The second-order valence-corrected chi connectivity index (χ2v) is 8.59. The number of anilines is 1. The van der Waals surface area contributed by atoms with Gasteiger partial charge in [-0.15, -0.1) is 0 Å². The van der Waals surface area contributed by atoms with Gasteiger partial charge in [-0.1, -0.05) is 97.1 Å². The minimum absolute atomic E-state index is 0.160. The maximum atomic E-state index is 13.4. The molecule has 174 valence electrons. The van der Waals surface area contributed by atoms with Crippen LogP contribution in [0.4, 0.5) is 10.5 Å². The predicted octanol–water partition coefficient (Wildman–Crippen LogP) is 6.06. The Labute approximate surface area is 205 Å². The van der Waals surface area contributed by atoms with Crippen LogP contribution in [0, 0.1) is 0 Å². The molecule has 0 unspecified atom stereocenters. The van der Waals surface area contributed by atoms with Crippen molar-refractivity contribution in [2.45, 2.75) is 25.6 Å². The average molecular weight is 463 g/mol. The number of ether oxygens (including phenoxy) is 1. The molecule has 0 aromatic heterocycles. The minimum atomic E-state index is -0.665. The molecule has 5 heteroatoms. The lowest BCUT2D eigenvalue weighted by Gasteiger charge is -2.35. The summed E-state index contributed by atoms with van der Waals surface area (Å²) in [5, 5.41) is 2.99. The zero-order valence-electron chi connectivity index (χ0n) is 19.3. The molecule has 1 atom stereocenters. The van der Waals surface area contributed by atoms with Gasteiger partial charge in [0.2, 0.25) is 5.91 Å². The molecule has 1 heterocycles. The Morgan fingerprint density at radius 1 is 0.743 bits per heavy atom. The van der Waals surface area contributed by atoms with Gasteiger partial charge in [-0.05, 0) is 39.9 Å². The van der Waals surface area contributed by atoms with E-state index in [0.29, 0.717) is 18.7 Å². The van der Waals surface area contributed by atoms with E-state index in [-0.39, 0.29) is 12.5 Å². The summed E-state index contributed by atoms with van der Waals surface area (Å²) in [6.45, 7) is 0.488.